The first kappa shape index (κ1) is 57.9. The molecule has 23 nitrogen and oxygen atoms in total. The van der Waals surface area contributed by atoms with E-state index in [-0.39, 0.29) is 22.4 Å². The van der Waals surface area contributed by atoms with Gasteiger partial charge < -0.3 is 66.9 Å². The lowest BCUT2D eigenvalue weighted by molar-refractivity contribution is -0.362. The van der Waals surface area contributed by atoms with Crippen LogP contribution in [0.5, 0.6) is 11.5 Å². The van der Waals surface area contributed by atoms with E-state index < -0.39 is 140 Å². The van der Waals surface area contributed by atoms with Crippen LogP contribution in [0.4, 0.5) is 0 Å². The van der Waals surface area contributed by atoms with Crippen LogP contribution in [0.15, 0.2) is 115 Å². The van der Waals surface area contributed by atoms with E-state index in [1.165, 1.54) is 79.9 Å². The molecular formula is C54H57NO22. The minimum absolute atomic E-state index is 0.0237. The molecular weight excluding hydrogens is 1010 g/mol. The van der Waals surface area contributed by atoms with Gasteiger partial charge in [0.05, 0.1) is 43.4 Å². The molecule has 0 saturated carbocycles. The second-order valence-electron chi connectivity index (χ2n) is 17.3. The maximum Gasteiger partial charge on any atom is 0.366 e. The van der Waals surface area contributed by atoms with Crippen LogP contribution in [0.25, 0.3) is 0 Å². The Morgan fingerprint density at radius 3 is 1.62 bits per heavy atom. The summed E-state index contributed by atoms with van der Waals surface area (Å²) in [5, 5.41) is 2.58. The Morgan fingerprint density at radius 1 is 0.597 bits per heavy atom. The predicted molar refractivity (Wildman–Crippen MR) is 260 cm³/mol. The van der Waals surface area contributed by atoms with Crippen molar-refractivity contribution in [3.63, 3.8) is 0 Å². The minimum Gasteiger partial charge on any atom is -0.497 e. The number of amides is 1. The summed E-state index contributed by atoms with van der Waals surface area (Å²) in [6.45, 7) is 3.49. The van der Waals surface area contributed by atoms with Crippen molar-refractivity contribution in [2.24, 2.45) is 0 Å². The van der Waals surface area contributed by atoms with Crippen LogP contribution in [0.1, 0.15) is 72.1 Å². The van der Waals surface area contributed by atoms with E-state index in [0.29, 0.717) is 5.75 Å². The lowest BCUT2D eigenvalue weighted by atomic mass is 9.87. The van der Waals surface area contributed by atoms with E-state index in [2.05, 4.69) is 5.32 Å². The standard InChI is InChI=1S/C54H57NO22/c1-30(56)55-43-40(69-32(3)58)27-54(53(64)66-7,76-46(43)44(71-34(5)60)41(70-33(4)59)28-67-31(2)57)77-47-45(74-50(62)36-19-13-9-14-20-36)42(29-68-49(61)35-17-11-8-12-18-35)73-52(72-39-25-23-38(65-6)24-26-39)48(47)75-51(63)37-21-15-10-16-22-37/h8-26,40-48,52H,27-29H2,1-7H3,(H,55,56). The van der Waals surface area contributed by atoms with Crippen molar-refractivity contribution in [3.05, 3.63) is 132 Å². The minimum atomic E-state index is -3.04. The van der Waals surface area contributed by atoms with Crippen LogP contribution in [-0.4, -0.2) is 148 Å². The Morgan fingerprint density at radius 2 is 1.13 bits per heavy atom. The maximum atomic E-state index is 14.9. The lowest BCUT2D eigenvalue weighted by Crippen LogP contribution is -2.72. The molecule has 6 rings (SSSR count). The molecule has 1 N–H and O–H groups in total. The Labute approximate surface area is 441 Å². The Balaban J connectivity index is 1.62. The predicted octanol–water partition coefficient (Wildman–Crippen LogP) is 4.01. The van der Waals surface area contributed by atoms with Gasteiger partial charge in [0.1, 0.15) is 49.1 Å². The zero-order chi connectivity index (χ0) is 55.8. The molecule has 410 valence electrons. The van der Waals surface area contributed by atoms with Crippen LogP contribution >= 0.6 is 0 Å². The molecule has 2 fully saturated rings. The average molecular weight is 1070 g/mol. The van der Waals surface area contributed by atoms with Gasteiger partial charge in [-0.25, -0.2) is 19.2 Å². The molecule has 0 radical (unpaired) electrons. The van der Waals surface area contributed by atoms with Crippen molar-refractivity contribution in [3.8, 4) is 11.5 Å². The summed E-state index contributed by atoms with van der Waals surface area (Å²) in [5.74, 6) is -11.6. The largest absolute Gasteiger partial charge is 0.497 e. The first-order chi connectivity index (χ1) is 36.8. The Kier molecular flexibility index (Phi) is 20.2. The molecule has 2 saturated heterocycles. The molecule has 4 aromatic rings. The number of carbonyl (C=O) groups is 9. The fourth-order valence-electron chi connectivity index (χ4n) is 8.38. The van der Waals surface area contributed by atoms with Gasteiger partial charge in [0, 0.05) is 34.6 Å². The van der Waals surface area contributed by atoms with Gasteiger partial charge in [-0.3, -0.25) is 24.0 Å². The van der Waals surface area contributed by atoms with Gasteiger partial charge >= 0.3 is 47.8 Å². The molecule has 1 amide bonds. The van der Waals surface area contributed by atoms with Crippen LogP contribution in [0, 0.1) is 0 Å². The summed E-state index contributed by atoms with van der Waals surface area (Å²) in [5.41, 5.74) is 0.0534. The molecule has 2 aliphatic heterocycles. The molecule has 2 heterocycles. The van der Waals surface area contributed by atoms with Gasteiger partial charge in [-0.1, -0.05) is 54.6 Å². The van der Waals surface area contributed by atoms with Crippen molar-refractivity contribution < 1.29 is 105 Å². The van der Waals surface area contributed by atoms with Crippen LogP contribution in [-0.2, 0) is 80.9 Å². The highest BCUT2D eigenvalue weighted by Crippen LogP contribution is 2.42. The van der Waals surface area contributed by atoms with Crippen LogP contribution in [0.3, 0.4) is 0 Å². The second-order valence-corrected chi connectivity index (χ2v) is 17.3. The fourth-order valence-corrected chi connectivity index (χ4v) is 8.38. The highest BCUT2D eigenvalue weighted by atomic mass is 16.8. The quantitative estimate of drug-likeness (QED) is 0.0911. The van der Waals surface area contributed by atoms with Crippen molar-refractivity contribution in [2.45, 2.75) is 108 Å². The molecule has 11 atom stereocenters. The van der Waals surface area contributed by atoms with Gasteiger partial charge in [0.15, 0.2) is 24.4 Å². The number of carbonyl (C=O) groups excluding carboxylic acids is 9. The highest BCUT2D eigenvalue weighted by Gasteiger charge is 2.63. The number of hydrogen-bond donors (Lipinski definition) is 1. The first-order valence-electron chi connectivity index (χ1n) is 23.9. The van der Waals surface area contributed by atoms with E-state index in [1.54, 1.807) is 42.5 Å². The summed E-state index contributed by atoms with van der Waals surface area (Å²) in [7, 11) is 2.35. The summed E-state index contributed by atoms with van der Waals surface area (Å²) in [4.78, 5) is 122. The lowest BCUT2D eigenvalue weighted by Gasteiger charge is -2.51. The van der Waals surface area contributed by atoms with E-state index in [1.807, 2.05) is 0 Å². The maximum absolute atomic E-state index is 14.9. The number of methoxy groups -OCH3 is 2. The summed E-state index contributed by atoms with van der Waals surface area (Å²) >= 11 is 0. The van der Waals surface area contributed by atoms with Gasteiger partial charge in [-0.2, -0.15) is 0 Å². The molecule has 11 unspecified atom stereocenters. The van der Waals surface area contributed by atoms with E-state index in [9.17, 15) is 43.2 Å². The van der Waals surface area contributed by atoms with E-state index in [4.69, 9.17) is 61.6 Å². The van der Waals surface area contributed by atoms with Gasteiger partial charge in [-0.05, 0) is 60.7 Å². The van der Waals surface area contributed by atoms with Gasteiger partial charge in [-0.15, -0.1) is 0 Å². The van der Waals surface area contributed by atoms with Gasteiger partial charge in [0.25, 0.3) is 5.79 Å². The molecule has 0 aromatic heterocycles. The van der Waals surface area contributed by atoms with Crippen molar-refractivity contribution in [1.82, 2.24) is 5.32 Å². The molecule has 0 bridgehead atoms. The van der Waals surface area contributed by atoms with Crippen molar-refractivity contribution >= 4 is 53.7 Å². The zero-order valence-corrected chi connectivity index (χ0v) is 42.8. The van der Waals surface area contributed by atoms with Crippen molar-refractivity contribution in [1.29, 1.82) is 0 Å². The number of hydrogen-bond acceptors (Lipinski definition) is 22. The summed E-state index contributed by atoms with van der Waals surface area (Å²) < 4.78 is 77.7. The van der Waals surface area contributed by atoms with Crippen LogP contribution < -0.4 is 14.8 Å². The Hall–Kier alpha value is -8.41. The smallest absolute Gasteiger partial charge is 0.366 e. The number of esters is 8. The number of ether oxygens (including phenoxy) is 13. The second kappa shape index (κ2) is 26.9. The van der Waals surface area contributed by atoms with Gasteiger partial charge in [0.2, 0.25) is 12.2 Å². The van der Waals surface area contributed by atoms with Crippen LogP contribution in [0.2, 0.25) is 0 Å². The monoisotopic (exact) mass is 1070 g/mol. The van der Waals surface area contributed by atoms with Crippen molar-refractivity contribution in [2.75, 3.05) is 27.4 Å². The third kappa shape index (κ3) is 15.6. The molecule has 2 aliphatic rings. The Bertz CT molecular complexity index is 2710. The molecule has 23 heteroatoms. The summed E-state index contributed by atoms with van der Waals surface area (Å²) in [6.07, 6.45) is -18.0. The first-order valence-corrected chi connectivity index (χ1v) is 23.9. The molecule has 0 aliphatic carbocycles. The third-order valence-corrected chi connectivity index (χ3v) is 11.6. The number of rotatable bonds is 21. The van der Waals surface area contributed by atoms with E-state index in [0.717, 1.165) is 41.7 Å². The fraction of sp³-hybridized carbons (Fsp3) is 0.389. The topological polar surface area (TPSA) is 286 Å². The normalized spacial score (nSPS) is 23.4. The number of nitrogens with one attached hydrogen (secondary N) is 1. The summed E-state index contributed by atoms with van der Waals surface area (Å²) in [6, 6.07) is 27.3. The number of benzene rings is 4. The highest BCUT2D eigenvalue weighted by molar-refractivity contribution is 5.91. The molecule has 0 spiro atoms. The average Bonchev–Trinajstić information content (AvgIpc) is 3.41. The molecule has 4 aromatic carbocycles. The van der Waals surface area contributed by atoms with E-state index >= 15 is 0 Å². The molecule has 77 heavy (non-hydrogen) atoms. The third-order valence-electron chi connectivity index (χ3n) is 11.6. The zero-order valence-electron chi connectivity index (χ0n) is 42.8. The SMILES string of the molecule is COC(=O)C1(OC2C(OC(=O)c3ccccc3)C(COC(=O)c3ccccc3)OC(Oc3ccc(OC)cc3)C2OC(=O)c2ccccc2)CC(OC(C)=O)C(NC(C)=O)C(C(OC(C)=O)C(COC(C)=O)OC(C)=O)O1.